The number of aromatic nitrogens is 1. The summed E-state index contributed by atoms with van der Waals surface area (Å²) in [6, 6.07) is 13.7. The van der Waals surface area contributed by atoms with Gasteiger partial charge < -0.3 is 10.2 Å². The Bertz CT molecular complexity index is 702. The van der Waals surface area contributed by atoms with Crippen LogP contribution in [0.4, 0.5) is 5.82 Å². The molecule has 0 aliphatic carbocycles. The molecule has 0 spiro atoms. The summed E-state index contributed by atoms with van der Waals surface area (Å²) in [5.74, 6) is 1.21. The molecule has 1 aromatic heterocycles. The van der Waals surface area contributed by atoms with E-state index in [1.165, 1.54) is 4.90 Å². The average molecular weight is 361 g/mol. The van der Waals surface area contributed by atoms with Crippen LogP contribution in [0.25, 0.3) is 0 Å². The molecule has 2 aromatic rings. The topological polar surface area (TPSA) is 50.9 Å². The largest absolute Gasteiger partial charge is 0.345 e. The van der Waals surface area contributed by atoms with Gasteiger partial charge in [-0.1, -0.05) is 35.9 Å². The van der Waals surface area contributed by atoms with E-state index in [0.29, 0.717) is 11.6 Å². The van der Waals surface area contributed by atoms with Crippen LogP contribution in [-0.2, 0) is 4.79 Å². The third kappa shape index (κ3) is 4.71. The number of rotatable bonds is 5. The second kappa shape index (κ2) is 8.32. The van der Waals surface area contributed by atoms with Gasteiger partial charge in [0.15, 0.2) is 6.54 Å². The molecule has 1 saturated heterocycles. The van der Waals surface area contributed by atoms with Gasteiger partial charge in [-0.3, -0.25) is 9.69 Å². The van der Waals surface area contributed by atoms with Crippen LogP contribution < -0.4 is 20.1 Å². The highest BCUT2D eigenvalue weighted by molar-refractivity contribution is 6.31. The number of H-pyrrole nitrogens is 1. The number of halogens is 1. The van der Waals surface area contributed by atoms with Crippen LogP contribution >= 0.6 is 11.6 Å². The van der Waals surface area contributed by atoms with E-state index in [1.54, 1.807) is 0 Å². The van der Waals surface area contributed by atoms with Gasteiger partial charge in [-0.2, -0.15) is 0 Å². The number of hydrogen-bond donors (Lipinski definition) is 2. The average Bonchev–Trinajstić information content (AvgIpc) is 2.63. The van der Waals surface area contributed by atoms with Crippen molar-refractivity contribution in [3.05, 3.63) is 59.2 Å². The Hall–Kier alpha value is -2.11. The van der Waals surface area contributed by atoms with Crippen LogP contribution in [0, 0.1) is 0 Å². The maximum atomic E-state index is 12.4. The lowest BCUT2D eigenvalue weighted by atomic mass is 10.1. The molecule has 6 heteroatoms. The van der Waals surface area contributed by atoms with Gasteiger partial charge in [-0.05, 0) is 24.6 Å². The molecule has 1 amide bonds. The number of piperazine rings is 1. The fraction of sp³-hybridized carbons (Fsp3) is 0.368. The number of carbonyl (C=O) groups is 1. The lowest BCUT2D eigenvalue weighted by Crippen LogP contribution is -3.16. The van der Waals surface area contributed by atoms with Gasteiger partial charge in [0.05, 0.1) is 12.2 Å². The highest BCUT2D eigenvalue weighted by Crippen LogP contribution is 2.21. The first-order valence-electron chi connectivity index (χ1n) is 8.72. The van der Waals surface area contributed by atoms with Gasteiger partial charge in [0.1, 0.15) is 26.2 Å². The standard InChI is InChI=1S/C19H23ClN4O/c1-15(16-6-2-3-7-17(16)20)22-19(25)14-23-10-12-24(13-11-23)18-8-4-5-9-21-18/h2-9,15H,10-14H2,1H3,(H,22,25)/p+2/t15-/m0/s1. The zero-order chi connectivity index (χ0) is 17.6. The molecule has 0 saturated carbocycles. The summed E-state index contributed by atoms with van der Waals surface area (Å²) in [5.41, 5.74) is 0.956. The summed E-state index contributed by atoms with van der Waals surface area (Å²) in [5, 5.41) is 3.75. The maximum Gasteiger partial charge on any atom is 0.275 e. The predicted octanol–water partition coefficient (Wildman–Crippen LogP) is 0.736. The van der Waals surface area contributed by atoms with E-state index < -0.39 is 0 Å². The van der Waals surface area contributed by atoms with Crippen molar-refractivity contribution in [3.8, 4) is 0 Å². The number of carbonyl (C=O) groups excluding carboxylic acids is 1. The molecule has 25 heavy (non-hydrogen) atoms. The molecule has 0 radical (unpaired) electrons. The first-order valence-corrected chi connectivity index (χ1v) is 9.10. The molecule has 0 bridgehead atoms. The van der Waals surface area contributed by atoms with E-state index >= 15 is 0 Å². The predicted molar refractivity (Wildman–Crippen MR) is 98.8 cm³/mol. The van der Waals surface area contributed by atoms with Crippen molar-refractivity contribution in [2.75, 3.05) is 37.6 Å². The Labute approximate surface area is 153 Å². The molecule has 1 aromatic carbocycles. The fourth-order valence-electron chi connectivity index (χ4n) is 3.24. The molecule has 2 heterocycles. The second-order valence-electron chi connectivity index (χ2n) is 6.47. The molecular weight excluding hydrogens is 336 g/mol. The van der Waals surface area contributed by atoms with Crippen LogP contribution in [0.2, 0.25) is 5.02 Å². The van der Waals surface area contributed by atoms with Gasteiger partial charge in [0.25, 0.3) is 11.7 Å². The van der Waals surface area contributed by atoms with Gasteiger partial charge in [0.2, 0.25) is 0 Å². The van der Waals surface area contributed by atoms with E-state index in [-0.39, 0.29) is 11.9 Å². The van der Waals surface area contributed by atoms with Gasteiger partial charge in [-0.15, -0.1) is 0 Å². The third-order valence-corrected chi connectivity index (χ3v) is 5.01. The molecule has 1 atom stereocenters. The molecule has 3 rings (SSSR count). The molecule has 132 valence electrons. The van der Waals surface area contributed by atoms with Crippen LogP contribution in [0.15, 0.2) is 48.7 Å². The molecule has 1 fully saturated rings. The van der Waals surface area contributed by atoms with Crippen molar-refractivity contribution in [1.82, 2.24) is 5.32 Å². The minimum atomic E-state index is -0.0826. The van der Waals surface area contributed by atoms with Crippen molar-refractivity contribution >= 4 is 23.3 Å². The summed E-state index contributed by atoms with van der Waals surface area (Å²) >= 11 is 6.20. The Morgan fingerprint density at radius 1 is 1.24 bits per heavy atom. The number of quaternary nitrogens is 1. The van der Waals surface area contributed by atoms with Gasteiger partial charge >= 0.3 is 0 Å². The zero-order valence-electron chi connectivity index (χ0n) is 14.5. The number of benzene rings is 1. The molecule has 5 nitrogen and oxygen atoms in total. The van der Waals surface area contributed by atoms with Crippen LogP contribution in [0.5, 0.6) is 0 Å². The quantitative estimate of drug-likeness (QED) is 0.826. The van der Waals surface area contributed by atoms with Crippen LogP contribution in [0.3, 0.4) is 0 Å². The minimum Gasteiger partial charge on any atom is -0.345 e. The highest BCUT2D eigenvalue weighted by Gasteiger charge is 2.27. The van der Waals surface area contributed by atoms with Gasteiger partial charge in [0, 0.05) is 11.1 Å². The Morgan fingerprint density at radius 3 is 2.64 bits per heavy atom. The summed E-state index contributed by atoms with van der Waals surface area (Å²) < 4.78 is 0. The van der Waals surface area contributed by atoms with Crippen molar-refractivity contribution in [3.63, 3.8) is 0 Å². The van der Waals surface area contributed by atoms with E-state index in [9.17, 15) is 4.79 Å². The SMILES string of the molecule is C[C@H](NC(=O)C[NH+]1CCN(c2cccc[nH+]2)CC1)c1ccccc1Cl. The van der Waals surface area contributed by atoms with Crippen molar-refractivity contribution < 1.29 is 14.7 Å². The van der Waals surface area contributed by atoms with Crippen LogP contribution in [0.1, 0.15) is 18.5 Å². The number of nitrogens with one attached hydrogen (secondary N) is 3. The Kier molecular flexibility index (Phi) is 5.89. The molecule has 3 N–H and O–H groups in total. The normalized spacial score (nSPS) is 16.5. The van der Waals surface area contributed by atoms with E-state index in [0.717, 1.165) is 37.6 Å². The summed E-state index contributed by atoms with van der Waals surface area (Å²) in [7, 11) is 0. The fourth-order valence-corrected chi connectivity index (χ4v) is 3.54. The van der Waals surface area contributed by atoms with Crippen molar-refractivity contribution in [2.45, 2.75) is 13.0 Å². The lowest BCUT2D eigenvalue weighted by molar-refractivity contribution is -0.892. The number of aromatic amines is 1. The highest BCUT2D eigenvalue weighted by atomic mass is 35.5. The number of anilines is 1. The Morgan fingerprint density at radius 2 is 1.96 bits per heavy atom. The maximum absolute atomic E-state index is 12.4. The number of hydrogen-bond acceptors (Lipinski definition) is 2. The Balaban J connectivity index is 1.47. The van der Waals surface area contributed by atoms with Crippen LogP contribution in [-0.4, -0.2) is 38.6 Å². The lowest BCUT2D eigenvalue weighted by Gasteiger charge is -2.28. The van der Waals surface area contributed by atoms with E-state index in [2.05, 4.69) is 21.3 Å². The molecule has 1 aliphatic rings. The first kappa shape index (κ1) is 17.7. The first-order chi connectivity index (χ1) is 12.1. The van der Waals surface area contributed by atoms with Gasteiger partial charge in [-0.25, -0.2) is 4.98 Å². The zero-order valence-corrected chi connectivity index (χ0v) is 15.2. The third-order valence-electron chi connectivity index (χ3n) is 4.66. The van der Waals surface area contributed by atoms with E-state index in [4.69, 9.17) is 11.6 Å². The number of nitrogens with zero attached hydrogens (tertiary/aromatic N) is 1. The van der Waals surface area contributed by atoms with E-state index in [1.807, 2.05) is 49.5 Å². The monoisotopic (exact) mass is 360 g/mol. The van der Waals surface area contributed by atoms with Crippen molar-refractivity contribution in [2.24, 2.45) is 0 Å². The summed E-state index contributed by atoms with van der Waals surface area (Å²) in [6.45, 7) is 6.28. The second-order valence-corrected chi connectivity index (χ2v) is 6.88. The smallest absolute Gasteiger partial charge is 0.275 e. The minimum absolute atomic E-state index is 0.0714. The molecular formula is C19H25ClN4O+2. The number of pyridine rings is 1. The molecule has 0 unspecified atom stereocenters. The summed E-state index contributed by atoms with van der Waals surface area (Å²) in [6.07, 6.45) is 1.94. The summed E-state index contributed by atoms with van der Waals surface area (Å²) in [4.78, 5) is 19.3. The molecule has 1 aliphatic heterocycles. The number of amides is 1. The van der Waals surface area contributed by atoms with Crippen molar-refractivity contribution in [1.29, 1.82) is 0 Å².